The van der Waals surface area contributed by atoms with Crippen LogP contribution in [-0.2, 0) is 6.42 Å². The molecule has 0 aliphatic carbocycles. The number of hydrogen-bond acceptors (Lipinski definition) is 4. The van der Waals surface area contributed by atoms with Crippen LogP contribution in [0.2, 0.25) is 0 Å². The van der Waals surface area contributed by atoms with Crippen LogP contribution in [0, 0.1) is 0 Å². The average molecular weight is 242 g/mol. The second-order valence-corrected chi connectivity index (χ2v) is 4.59. The number of methoxy groups -OCH3 is 2. The minimum Gasteiger partial charge on any atom is -0.496 e. The van der Waals surface area contributed by atoms with Gasteiger partial charge in [-0.15, -0.1) is 11.8 Å². The second kappa shape index (κ2) is 6.66. The molecule has 0 amide bonds. The summed E-state index contributed by atoms with van der Waals surface area (Å²) in [5.41, 5.74) is 6.67. The van der Waals surface area contributed by atoms with Gasteiger partial charge in [0.25, 0.3) is 0 Å². The third-order valence-electron chi connectivity index (χ3n) is 2.28. The number of ether oxygens (including phenoxy) is 2. The van der Waals surface area contributed by atoms with Gasteiger partial charge in [-0.2, -0.15) is 0 Å². The van der Waals surface area contributed by atoms with Gasteiger partial charge in [0.15, 0.2) is 0 Å². The first kappa shape index (κ1) is 13.2. The Bertz CT molecular complexity index is 308. The number of hydrogen-bond donors (Lipinski definition) is 1. The van der Waals surface area contributed by atoms with E-state index in [1.807, 2.05) is 12.1 Å². The van der Waals surface area contributed by atoms with Crippen LogP contribution in [0.4, 0.5) is 0 Å². The molecule has 0 atom stereocenters. The molecule has 90 valence electrons. The van der Waals surface area contributed by atoms with Crippen LogP contribution in [0.15, 0.2) is 17.0 Å². The molecule has 1 rings (SSSR count). The van der Waals surface area contributed by atoms with Gasteiger partial charge < -0.3 is 15.2 Å². The number of nitrogens with two attached hydrogens (primary N) is 1. The van der Waals surface area contributed by atoms with E-state index < -0.39 is 0 Å². The van der Waals surface area contributed by atoms with Gasteiger partial charge in [0, 0.05) is 0 Å². The summed E-state index contributed by atoms with van der Waals surface area (Å²) < 4.78 is 10.7. The Morgan fingerprint density at radius 3 is 2.38 bits per heavy atom. The molecule has 0 aliphatic rings. The molecule has 1 aromatic carbocycles. The first-order valence-electron chi connectivity index (χ1n) is 5.34. The summed E-state index contributed by atoms with van der Waals surface area (Å²) >= 11 is 1.75. The molecule has 4 heteroatoms. The summed E-state index contributed by atoms with van der Waals surface area (Å²) in [5.74, 6) is 2.80. The zero-order valence-electron chi connectivity index (χ0n) is 10.1. The Morgan fingerprint density at radius 2 is 1.88 bits per heavy atom. The summed E-state index contributed by atoms with van der Waals surface area (Å²) in [6.45, 7) is 2.73. The molecule has 0 saturated carbocycles. The quantitative estimate of drug-likeness (QED) is 0.778. The van der Waals surface area contributed by atoms with Crippen LogP contribution >= 0.6 is 11.8 Å². The van der Waals surface area contributed by atoms with Crippen molar-refractivity contribution in [2.45, 2.75) is 18.2 Å². The third-order valence-corrected chi connectivity index (χ3v) is 3.20. The molecule has 0 unspecified atom stereocenters. The van der Waals surface area contributed by atoms with Gasteiger partial charge in [-0.25, -0.2) is 0 Å². The molecule has 2 N–H and O–H groups in total. The Balaban J connectivity index is 3.11. The molecule has 3 nitrogen and oxygen atoms in total. The minimum atomic E-state index is 0.611. The van der Waals surface area contributed by atoms with E-state index in [9.17, 15) is 0 Å². The Morgan fingerprint density at radius 1 is 1.19 bits per heavy atom. The topological polar surface area (TPSA) is 44.5 Å². The number of benzene rings is 1. The van der Waals surface area contributed by atoms with Crippen molar-refractivity contribution in [3.05, 3.63) is 17.7 Å². The fourth-order valence-electron chi connectivity index (χ4n) is 1.55. The van der Waals surface area contributed by atoms with Crippen molar-refractivity contribution in [1.29, 1.82) is 0 Å². The van der Waals surface area contributed by atoms with Crippen molar-refractivity contribution >= 4 is 11.8 Å². The molecule has 0 bridgehead atoms. The van der Waals surface area contributed by atoms with E-state index in [4.69, 9.17) is 15.2 Å². The van der Waals surface area contributed by atoms with Gasteiger partial charge in [-0.3, -0.25) is 0 Å². The van der Waals surface area contributed by atoms with E-state index in [0.717, 1.165) is 34.1 Å². The van der Waals surface area contributed by atoms with Crippen molar-refractivity contribution < 1.29 is 9.47 Å². The minimum absolute atomic E-state index is 0.611. The third kappa shape index (κ3) is 3.06. The Hall–Kier alpha value is -0.870. The van der Waals surface area contributed by atoms with Gasteiger partial charge in [-0.05, 0) is 36.4 Å². The smallest absolute Gasteiger partial charge is 0.132 e. The molecule has 0 aromatic heterocycles. The van der Waals surface area contributed by atoms with Crippen molar-refractivity contribution in [1.82, 2.24) is 0 Å². The molecule has 0 spiro atoms. The molecule has 16 heavy (non-hydrogen) atoms. The van der Waals surface area contributed by atoms with Crippen LogP contribution in [-0.4, -0.2) is 26.5 Å². The second-order valence-electron chi connectivity index (χ2n) is 3.29. The SMILES string of the molecule is CCSc1cc(OC)c(CCN)[13cH]c1OC. The Labute approximate surface area is 101 Å². The van der Waals surface area contributed by atoms with Crippen LogP contribution in [0.25, 0.3) is 0 Å². The largest absolute Gasteiger partial charge is 0.496 e. The highest BCUT2D eigenvalue weighted by atomic mass is 32.2. The molecule has 0 aliphatic heterocycles. The average Bonchev–Trinajstić information content (AvgIpc) is 2.31. The first-order valence-corrected chi connectivity index (χ1v) is 6.33. The normalized spacial score (nSPS) is 10.2. The lowest BCUT2D eigenvalue weighted by Gasteiger charge is -2.13. The van der Waals surface area contributed by atoms with Gasteiger partial charge in [-0.1, -0.05) is 6.92 Å². The Kier molecular flexibility index (Phi) is 5.49. The molecule has 0 saturated heterocycles. The van der Waals surface area contributed by atoms with Crippen molar-refractivity contribution in [2.24, 2.45) is 5.73 Å². The summed E-state index contributed by atoms with van der Waals surface area (Å²) in [4.78, 5) is 1.11. The predicted molar refractivity (Wildman–Crippen MR) is 68.7 cm³/mol. The van der Waals surface area contributed by atoms with Crippen molar-refractivity contribution in [2.75, 3.05) is 26.5 Å². The predicted octanol–water partition coefficient (Wildman–Crippen LogP) is 2.32. The summed E-state index contributed by atoms with van der Waals surface area (Å²) in [7, 11) is 3.37. The lowest BCUT2D eigenvalue weighted by Crippen LogP contribution is -2.05. The lowest BCUT2D eigenvalue weighted by molar-refractivity contribution is 0.390. The summed E-state index contributed by atoms with van der Waals surface area (Å²) in [6.07, 6.45) is 0.802. The van der Waals surface area contributed by atoms with Gasteiger partial charge >= 0.3 is 0 Å². The molecular formula is C12H19NO2S. The number of thioether (sulfide) groups is 1. The van der Waals surface area contributed by atoms with Gasteiger partial charge in [0.2, 0.25) is 0 Å². The van der Waals surface area contributed by atoms with Gasteiger partial charge in [0.05, 0.1) is 19.1 Å². The fraction of sp³-hybridized carbons (Fsp3) is 0.500. The monoisotopic (exact) mass is 242 g/mol. The maximum Gasteiger partial charge on any atom is 0.132 e. The maximum absolute atomic E-state index is 5.57. The molecule has 1 aromatic rings. The van der Waals surface area contributed by atoms with E-state index in [1.54, 1.807) is 26.0 Å². The molecular weight excluding hydrogens is 223 g/mol. The van der Waals surface area contributed by atoms with E-state index in [2.05, 4.69) is 6.92 Å². The molecule has 0 radical (unpaired) electrons. The van der Waals surface area contributed by atoms with Crippen molar-refractivity contribution in [3.8, 4) is 11.5 Å². The highest BCUT2D eigenvalue weighted by Crippen LogP contribution is 2.35. The van der Waals surface area contributed by atoms with E-state index >= 15 is 0 Å². The van der Waals surface area contributed by atoms with E-state index in [0.29, 0.717) is 6.54 Å². The fourth-order valence-corrected chi connectivity index (χ4v) is 2.34. The maximum atomic E-state index is 5.57. The lowest BCUT2D eigenvalue weighted by atomic mass is 10.2. The number of rotatable bonds is 6. The molecule has 0 fully saturated rings. The van der Waals surface area contributed by atoms with Crippen LogP contribution in [0.3, 0.4) is 0 Å². The standard InChI is InChI=1S/C12H19NO2S/c1-4-16-12-8-10(14-2)9(5-6-13)7-11(12)15-3/h7-8H,4-6,13H2,1-3H3/i7+1. The van der Waals surface area contributed by atoms with Crippen LogP contribution < -0.4 is 15.2 Å². The molecule has 0 heterocycles. The summed E-state index contributed by atoms with van der Waals surface area (Å²) in [6, 6.07) is 4.04. The van der Waals surface area contributed by atoms with Crippen molar-refractivity contribution in [3.63, 3.8) is 0 Å². The van der Waals surface area contributed by atoms with E-state index in [-0.39, 0.29) is 0 Å². The highest BCUT2D eigenvalue weighted by Gasteiger charge is 2.10. The van der Waals surface area contributed by atoms with Gasteiger partial charge in [0.1, 0.15) is 11.5 Å². The zero-order valence-corrected chi connectivity index (χ0v) is 10.9. The highest BCUT2D eigenvalue weighted by molar-refractivity contribution is 7.99. The van der Waals surface area contributed by atoms with E-state index in [1.165, 1.54) is 0 Å². The van der Waals surface area contributed by atoms with Crippen LogP contribution in [0.1, 0.15) is 12.5 Å². The zero-order chi connectivity index (χ0) is 12.0. The van der Waals surface area contributed by atoms with Crippen LogP contribution in [0.5, 0.6) is 11.5 Å². The summed E-state index contributed by atoms with van der Waals surface area (Å²) in [5, 5.41) is 0. The first-order chi connectivity index (χ1) is 7.76.